The predicted octanol–water partition coefficient (Wildman–Crippen LogP) is 1.28. The van der Waals surface area contributed by atoms with Crippen LogP contribution in [0.4, 0.5) is 5.95 Å². The van der Waals surface area contributed by atoms with E-state index >= 15 is 0 Å². The number of carbonyl (C=O) groups excluding carboxylic acids is 1. The second kappa shape index (κ2) is 10.1. The van der Waals surface area contributed by atoms with Gasteiger partial charge in [-0.15, -0.1) is 0 Å². The zero-order valence-corrected chi connectivity index (χ0v) is 15.5. The van der Waals surface area contributed by atoms with E-state index in [0.717, 1.165) is 12.8 Å². The maximum atomic E-state index is 12.1. The molecule has 3 N–H and O–H groups in total. The second-order valence-corrected chi connectivity index (χ2v) is 5.94. The van der Waals surface area contributed by atoms with E-state index in [4.69, 9.17) is 10.5 Å². The Bertz CT molecular complexity index is 711. The van der Waals surface area contributed by atoms with Crippen LogP contribution < -0.4 is 10.6 Å². The number of hydrogen-bond donors (Lipinski definition) is 2. The first-order chi connectivity index (χ1) is 13.0. The van der Waals surface area contributed by atoms with Crippen molar-refractivity contribution >= 4 is 17.9 Å². The third-order valence-electron chi connectivity index (χ3n) is 3.96. The van der Waals surface area contributed by atoms with Crippen LogP contribution in [-0.2, 0) is 4.74 Å². The van der Waals surface area contributed by atoms with Crippen molar-refractivity contribution in [1.29, 1.82) is 0 Å². The fourth-order valence-corrected chi connectivity index (χ4v) is 2.45. The summed E-state index contributed by atoms with van der Waals surface area (Å²) in [7, 11) is 0. The van der Waals surface area contributed by atoms with E-state index in [9.17, 15) is 9.90 Å². The van der Waals surface area contributed by atoms with Crippen LogP contribution in [0.2, 0.25) is 0 Å². The van der Waals surface area contributed by atoms with E-state index in [-0.39, 0.29) is 11.6 Å². The van der Waals surface area contributed by atoms with Crippen molar-refractivity contribution in [2.45, 2.75) is 19.8 Å². The summed E-state index contributed by atoms with van der Waals surface area (Å²) in [6.45, 7) is 8.30. The van der Waals surface area contributed by atoms with Gasteiger partial charge in [0.2, 0.25) is 11.8 Å². The van der Waals surface area contributed by atoms with Gasteiger partial charge in [-0.1, -0.05) is 26.0 Å². The van der Waals surface area contributed by atoms with Gasteiger partial charge in [0, 0.05) is 38.4 Å². The number of nitrogens with zero attached hydrogens (tertiary/aromatic N) is 5. The number of piperazine rings is 1. The van der Waals surface area contributed by atoms with Crippen LogP contribution in [0.5, 0.6) is 5.88 Å². The summed E-state index contributed by atoms with van der Waals surface area (Å²) >= 11 is 0. The molecule has 9 nitrogen and oxygen atoms in total. The van der Waals surface area contributed by atoms with Gasteiger partial charge in [0.1, 0.15) is 0 Å². The summed E-state index contributed by atoms with van der Waals surface area (Å²) < 4.78 is 5.15. The van der Waals surface area contributed by atoms with Gasteiger partial charge in [-0.2, -0.15) is 4.98 Å². The standard InChI is InChI=1S/C18H26N6O3/c1-3-5-7-20-17(19)23-8-10-24(11-9-23)18-21-14(13-15(25)22-18)16(26)27-12-6-4-2/h3,5,7,13H,1,4,6,8-12H2,2H3,(H2,19,20)(H,21,22,25)/b7-5-. The van der Waals surface area contributed by atoms with E-state index in [1.54, 1.807) is 18.4 Å². The highest BCUT2D eigenvalue weighted by molar-refractivity contribution is 5.87. The lowest BCUT2D eigenvalue weighted by Crippen LogP contribution is -2.51. The monoisotopic (exact) mass is 374 g/mol. The van der Waals surface area contributed by atoms with E-state index in [1.165, 1.54) is 6.07 Å². The highest BCUT2D eigenvalue weighted by Crippen LogP contribution is 2.17. The topological polar surface area (TPSA) is 117 Å². The summed E-state index contributed by atoms with van der Waals surface area (Å²) in [4.78, 5) is 28.3. The van der Waals surface area contributed by atoms with E-state index in [1.807, 2.05) is 16.7 Å². The number of anilines is 1. The number of hydrogen-bond acceptors (Lipinski definition) is 7. The number of rotatable bonds is 7. The van der Waals surface area contributed by atoms with Crippen LogP contribution in [0, 0.1) is 0 Å². The Morgan fingerprint density at radius 2 is 2.15 bits per heavy atom. The number of allylic oxidation sites excluding steroid dienone is 2. The molecule has 1 aromatic rings. The molecule has 1 fully saturated rings. The highest BCUT2D eigenvalue weighted by atomic mass is 16.5. The maximum absolute atomic E-state index is 12.1. The molecule has 146 valence electrons. The van der Waals surface area contributed by atoms with E-state index in [2.05, 4.69) is 21.5 Å². The Kier molecular flexibility index (Phi) is 7.60. The lowest BCUT2D eigenvalue weighted by atomic mass is 10.3. The molecule has 27 heavy (non-hydrogen) atoms. The first-order valence-electron chi connectivity index (χ1n) is 8.91. The van der Waals surface area contributed by atoms with Crippen LogP contribution >= 0.6 is 0 Å². The summed E-state index contributed by atoms with van der Waals surface area (Å²) in [5, 5.41) is 9.85. The minimum absolute atomic E-state index is 0.0478. The Balaban J connectivity index is 2.01. The minimum Gasteiger partial charge on any atom is -0.493 e. The lowest BCUT2D eigenvalue weighted by Gasteiger charge is -2.35. The first kappa shape index (κ1) is 20.2. The molecule has 0 aromatic carbocycles. The predicted molar refractivity (Wildman–Crippen MR) is 104 cm³/mol. The van der Waals surface area contributed by atoms with Crippen molar-refractivity contribution in [3.05, 3.63) is 36.7 Å². The van der Waals surface area contributed by atoms with Gasteiger partial charge >= 0.3 is 5.97 Å². The third kappa shape index (κ3) is 5.98. The van der Waals surface area contributed by atoms with Gasteiger partial charge in [0.15, 0.2) is 11.7 Å². The Morgan fingerprint density at radius 1 is 1.41 bits per heavy atom. The van der Waals surface area contributed by atoms with E-state index in [0.29, 0.717) is 44.7 Å². The smallest absolute Gasteiger partial charge is 0.357 e. The number of unbranched alkanes of at least 4 members (excludes halogenated alkanes) is 1. The average Bonchev–Trinajstić information content (AvgIpc) is 2.68. The maximum Gasteiger partial charge on any atom is 0.357 e. The molecule has 0 aliphatic carbocycles. The Morgan fingerprint density at radius 3 is 2.81 bits per heavy atom. The number of aromatic hydroxyl groups is 1. The molecule has 0 saturated carbocycles. The lowest BCUT2D eigenvalue weighted by molar-refractivity contribution is 0.0492. The largest absolute Gasteiger partial charge is 0.493 e. The molecule has 9 heteroatoms. The van der Waals surface area contributed by atoms with Crippen LogP contribution in [0.15, 0.2) is 36.0 Å². The molecular weight excluding hydrogens is 348 g/mol. The summed E-state index contributed by atoms with van der Waals surface area (Å²) in [5.41, 5.74) is 6.01. The van der Waals surface area contributed by atoms with Crippen molar-refractivity contribution in [3.8, 4) is 5.88 Å². The van der Waals surface area contributed by atoms with Crippen LogP contribution in [0.1, 0.15) is 30.3 Å². The number of esters is 1. The van der Waals surface area contributed by atoms with Crippen molar-refractivity contribution in [1.82, 2.24) is 14.9 Å². The van der Waals surface area contributed by atoms with Crippen LogP contribution in [-0.4, -0.2) is 64.7 Å². The summed E-state index contributed by atoms with van der Waals surface area (Å²) in [6, 6.07) is 1.21. The molecular formula is C18H26N6O3. The Labute approximate surface area is 158 Å². The average molecular weight is 374 g/mol. The Hall–Kier alpha value is -3.10. The quantitative estimate of drug-likeness (QED) is 0.241. The zero-order chi connectivity index (χ0) is 19.6. The number of aromatic nitrogens is 2. The fraction of sp³-hybridized carbons (Fsp3) is 0.444. The molecule has 0 amide bonds. The SMILES string of the molecule is C=C/C=C\N=C(/N)N1CCN(c2nc(O)cc(C(=O)OCCCC)n2)CC1. The van der Waals surface area contributed by atoms with E-state index < -0.39 is 5.97 Å². The fourth-order valence-electron chi connectivity index (χ4n) is 2.45. The number of carbonyl (C=O) groups is 1. The van der Waals surface area contributed by atoms with Crippen LogP contribution in [0.3, 0.4) is 0 Å². The van der Waals surface area contributed by atoms with Crippen molar-refractivity contribution in [3.63, 3.8) is 0 Å². The zero-order valence-electron chi connectivity index (χ0n) is 15.5. The molecule has 0 unspecified atom stereocenters. The minimum atomic E-state index is -0.564. The molecule has 1 aliphatic rings. The van der Waals surface area contributed by atoms with Gasteiger partial charge in [-0.05, 0) is 12.5 Å². The second-order valence-electron chi connectivity index (χ2n) is 5.94. The molecule has 1 saturated heterocycles. The molecule has 0 bridgehead atoms. The molecule has 1 aromatic heterocycles. The molecule has 1 aliphatic heterocycles. The summed E-state index contributed by atoms with van der Waals surface area (Å²) in [6.07, 6.45) is 6.61. The van der Waals surface area contributed by atoms with Gasteiger partial charge in [-0.3, -0.25) is 0 Å². The third-order valence-corrected chi connectivity index (χ3v) is 3.96. The van der Waals surface area contributed by atoms with Crippen molar-refractivity contribution < 1.29 is 14.6 Å². The highest BCUT2D eigenvalue weighted by Gasteiger charge is 2.22. The molecule has 0 atom stereocenters. The number of nitrogens with two attached hydrogens (primary N) is 1. The molecule has 0 radical (unpaired) electrons. The first-order valence-corrected chi connectivity index (χ1v) is 8.91. The normalized spacial score (nSPS) is 15.2. The molecule has 0 spiro atoms. The molecule has 2 heterocycles. The number of aliphatic imine (C=N–C) groups is 1. The van der Waals surface area contributed by atoms with Gasteiger partial charge in [0.05, 0.1) is 6.61 Å². The molecule has 2 rings (SSSR count). The number of guanidine groups is 1. The van der Waals surface area contributed by atoms with Crippen molar-refractivity contribution in [2.75, 3.05) is 37.7 Å². The van der Waals surface area contributed by atoms with Gasteiger partial charge in [-0.25, -0.2) is 14.8 Å². The van der Waals surface area contributed by atoms with Gasteiger partial charge < -0.3 is 25.4 Å². The van der Waals surface area contributed by atoms with Gasteiger partial charge in [0.25, 0.3) is 0 Å². The summed E-state index contributed by atoms with van der Waals surface area (Å²) in [5.74, 6) is -0.115. The van der Waals surface area contributed by atoms with Crippen molar-refractivity contribution in [2.24, 2.45) is 10.7 Å². The van der Waals surface area contributed by atoms with Crippen LogP contribution in [0.25, 0.3) is 0 Å². The number of ether oxygens (including phenoxy) is 1.